The average Bonchev–Trinajstić information content (AvgIpc) is 3.43. The van der Waals surface area contributed by atoms with Gasteiger partial charge in [-0.2, -0.15) is 0 Å². The number of hydrogen-bond acceptors (Lipinski definition) is 6. The summed E-state index contributed by atoms with van der Waals surface area (Å²) in [4.78, 5) is 20.1. The third kappa shape index (κ3) is 3.56. The van der Waals surface area contributed by atoms with Gasteiger partial charge in [-0.3, -0.25) is 9.36 Å². The van der Waals surface area contributed by atoms with Crippen LogP contribution in [0.15, 0.2) is 51.0 Å². The minimum absolute atomic E-state index is 0.107. The van der Waals surface area contributed by atoms with Gasteiger partial charge in [0.2, 0.25) is 5.82 Å². The highest BCUT2D eigenvalue weighted by Crippen LogP contribution is 2.36. The largest absolute Gasteiger partial charge is 0.461 e. The number of furan rings is 1. The number of nitrogens with one attached hydrogen (secondary N) is 1. The maximum atomic E-state index is 12.5. The quantitative estimate of drug-likeness (QED) is 0.462. The van der Waals surface area contributed by atoms with Crippen molar-refractivity contribution in [1.29, 1.82) is 0 Å². The van der Waals surface area contributed by atoms with Gasteiger partial charge in [-0.25, -0.2) is 4.98 Å². The molecule has 0 radical (unpaired) electrons. The molecule has 30 heavy (non-hydrogen) atoms. The van der Waals surface area contributed by atoms with Gasteiger partial charge in [0, 0.05) is 6.04 Å². The fourth-order valence-electron chi connectivity index (χ4n) is 4.17. The minimum Gasteiger partial charge on any atom is -0.461 e. The first-order chi connectivity index (χ1) is 14.7. The molecule has 1 aliphatic rings. The number of para-hydroxylation sites is 1. The van der Waals surface area contributed by atoms with Crippen molar-refractivity contribution in [3.05, 3.63) is 58.3 Å². The van der Waals surface area contributed by atoms with Crippen LogP contribution in [0.2, 0.25) is 0 Å². The molecule has 1 aromatic carbocycles. The highest BCUT2D eigenvalue weighted by molar-refractivity contribution is 7.98. The van der Waals surface area contributed by atoms with Crippen molar-refractivity contribution in [2.45, 2.75) is 56.0 Å². The molecular formula is C22H23N5O2S. The van der Waals surface area contributed by atoms with Gasteiger partial charge in [0.25, 0.3) is 5.56 Å². The monoisotopic (exact) mass is 421 g/mol. The molecule has 154 valence electrons. The summed E-state index contributed by atoms with van der Waals surface area (Å²) in [6.45, 7) is 1.97. The lowest BCUT2D eigenvalue weighted by molar-refractivity contribution is 0.337. The fourth-order valence-corrected chi connectivity index (χ4v) is 5.05. The summed E-state index contributed by atoms with van der Waals surface area (Å²) in [5, 5.41) is 10.3. The van der Waals surface area contributed by atoms with Gasteiger partial charge < -0.3 is 9.40 Å². The third-order valence-corrected chi connectivity index (χ3v) is 6.63. The number of thioether (sulfide) groups is 1. The van der Waals surface area contributed by atoms with E-state index in [-0.39, 0.29) is 5.56 Å². The van der Waals surface area contributed by atoms with E-state index in [1.54, 1.807) is 24.1 Å². The maximum absolute atomic E-state index is 12.5. The molecule has 1 saturated carbocycles. The fraction of sp³-hybridized carbons (Fsp3) is 0.364. The Morgan fingerprint density at radius 3 is 2.83 bits per heavy atom. The van der Waals surface area contributed by atoms with Gasteiger partial charge in [-0.15, -0.1) is 10.2 Å². The number of H-pyrrole nitrogens is 1. The molecule has 1 N–H and O–H groups in total. The Kier molecular flexibility index (Phi) is 5.16. The van der Waals surface area contributed by atoms with Crippen molar-refractivity contribution >= 4 is 22.7 Å². The van der Waals surface area contributed by atoms with Gasteiger partial charge in [0.05, 0.1) is 22.9 Å². The van der Waals surface area contributed by atoms with Crippen molar-refractivity contribution in [2.24, 2.45) is 0 Å². The van der Waals surface area contributed by atoms with E-state index >= 15 is 0 Å². The number of aryl methyl sites for hydroxylation is 1. The zero-order valence-corrected chi connectivity index (χ0v) is 17.6. The van der Waals surface area contributed by atoms with Gasteiger partial charge in [0.1, 0.15) is 5.82 Å². The van der Waals surface area contributed by atoms with Crippen LogP contribution in [0.4, 0.5) is 0 Å². The standard InChI is InChI=1S/C22H23N5O2S/c1-14-7-5-10-16-19(14)23-18(24-21(16)28)13-30-22-26-25-20(17-11-6-12-29-17)27(22)15-8-3-2-4-9-15/h5-7,10-12,15H,2-4,8-9,13H2,1H3,(H,23,24,28). The number of nitrogens with zero attached hydrogens (tertiary/aromatic N) is 4. The molecule has 0 atom stereocenters. The molecule has 5 rings (SSSR count). The van der Waals surface area contributed by atoms with Crippen LogP contribution in [-0.4, -0.2) is 24.7 Å². The van der Waals surface area contributed by atoms with E-state index in [4.69, 9.17) is 9.40 Å². The maximum Gasteiger partial charge on any atom is 0.258 e. The van der Waals surface area contributed by atoms with E-state index in [9.17, 15) is 4.79 Å². The second-order valence-electron chi connectivity index (χ2n) is 7.72. The van der Waals surface area contributed by atoms with Crippen molar-refractivity contribution < 1.29 is 4.42 Å². The molecule has 4 aromatic rings. The molecule has 1 fully saturated rings. The Morgan fingerprint density at radius 2 is 2.03 bits per heavy atom. The van der Waals surface area contributed by atoms with Crippen molar-refractivity contribution in [3.8, 4) is 11.6 Å². The SMILES string of the molecule is Cc1cccc2c(=O)[nH]c(CSc3nnc(-c4ccco4)n3C3CCCCC3)nc12. The predicted octanol–water partition coefficient (Wildman–Crippen LogP) is 4.88. The van der Waals surface area contributed by atoms with Crippen molar-refractivity contribution in [3.63, 3.8) is 0 Å². The molecular weight excluding hydrogens is 398 g/mol. The van der Waals surface area contributed by atoms with Gasteiger partial charge >= 0.3 is 0 Å². The average molecular weight is 422 g/mol. The van der Waals surface area contributed by atoms with Crippen LogP contribution in [0.5, 0.6) is 0 Å². The third-order valence-electron chi connectivity index (χ3n) is 5.67. The van der Waals surface area contributed by atoms with Crippen LogP contribution in [0.3, 0.4) is 0 Å². The van der Waals surface area contributed by atoms with Crippen molar-refractivity contribution in [1.82, 2.24) is 24.7 Å². The van der Waals surface area contributed by atoms with Crippen LogP contribution in [0.25, 0.3) is 22.5 Å². The summed E-state index contributed by atoms with van der Waals surface area (Å²) < 4.78 is 7.83. The Balaban J connectivity index is 1.47. The summed E-state index contributed by atoms with van der Waals surface area (Å²) in [6.07, 6.45) is 7.59. The second kappa shape index (κ2) is 8.10. The molecule has 0 aliphatic heterocycles. The van der Waals surface area contributed by atoms with Crippen molar-refractivity contribution in [2.75, 3.05) is 0 Å². The number of aromatic nitrogens is 5. The number of fused-ring (bicyclic) bond motifs is 1. The summed E-state index contributed by atoms with van der Waals surface area (Å²) in [5.74, 6) is 2.66. The molecule has 3 heterocycles. The lowest BCUT2D eigenvalue weighted by Crippen LogP contribution is -2.15. The molecule has 8 heteroatoms. The normalized spacial score (nSPS) is 15.1. The summed E-state index contributed by atoms with van der Waals surface area (Å²) in [6, 6.07) is 9.81. The topological polar surface area (TPSA) is 89.6 Å². The van der Waals surface area contributed by atoms with E-state index in [0.29, 0.717) is 23.0 Å². The van der Waals surface area contributed by atoms with E-state index in [0.717, 1.165) is 40.7 Å². The molecule has 0 saturated heterocycles. The van der Waals surface area contributed by atoms with E-state index < -0.39 is 0 Å². The molecule has 7 nitrogen and oxygen atoms in total. The zero-order valence-electron chi connectivity index (χ0n) is 16.8. The Bertz CT molecular complexity index is 1220. The summed E-state index contributed by atoms with van der Waals surface area (Å²) >= 11 is 1.55. The molecule has 0 amide bonds. The van der Waals surface area contributed by atoms with E-state index in [2.05, 4.69) is 19.7 Å². The Labute approximate surface area is 177 Å². The Morgan fingerprint density at radius 1 is 1.17 bits per heavy atom. The first-order valence-electron chi connectivity index (χ1n) is 10.3. The number of benzene rings is 1. The lowest BCUT2D eigenvalue weighted by Gasteiger charge is -2.25. The molecule has 0 spiro atoms. The van der Waals surface area contributed by atoms with Crippen LogP contribution < -0.4 is 5.56 Å². The summed E-state index contributed by atoms with van der Waals surface area (Å²) in [7, 11) is 0. The molecule has 0 unspecified atom stereocenters. The first kappa shape index (κ1) is 19.1. The first-order valence-corrected chi connectivity index (χ1v) is 11.3. The second-order valence-corrected chi connectivity index (χ2v) is 8.66. The van der Waals surface area contributed by atoms with Crippen LogP contribution in [0, 0.1) is 6.92 Å². The van der Waals surface area contributed by atoms with Gasteiger partial charge in [-0.1, -0.05) is 43.2 Å². The van der Waals surface area contributed by atoms with Gasteiger partial charge in [-0.05, 0) is 43.5 Å². The highest BCUT2D eigenvalue weighted by atomic mass is 32.2. The number of aromatic amines is 1. The lowest BCUT2D eigenvalue weighted by atomic mass is 9.95. The smallest absolute Gasteiger partial charge is 0.258 e. The zero-order chi connectivity index (χ0) is 20.5. The van der Waals surface area contributed by atoms with E-state index in [1.807, 2.05) is 31.2 Å². The van der Waals surface area contributed by atoms with Crippen LogP contribution in [0.1, 0.15) is 49.5 Å². The molecule has 0 bridgehead atoms. The van der Waals surface area contributed by atoms with Crippen LogP contribution >= 0.6 is 11.8 Å². The molecule has 3 aromatic heterocycles. The number of rotatable bonds is 5. The van der Waals surface area contributed by atoms with E-state index in [1.165, 1.54) is 19.3 Å². The molecule has 1 aliphatic carbocycles. The summed E-state index contributed by atoms with van der Waals surface area (Å²) in [5.41, 5.74) is 1.64. The highest BCUT2D eigenvalue weighted by Gasteiger charge is 2.25. The van der Waals surface area contributed by atoms with Gasteiger partial charge in [0.15, 0.2) is 10.9 Å². The predicted molar refractivity (Wildman–Crippen MR) is 117 cm³/mol. The Hall–Kier alpha value is -2.87. The number of hydrogen-bond donors (Lipinski definition) is 1. The van der Waals surface area contributed by atoms with Crippen LogP contribution in [-0.2, 0) is 5.75 Å². The minimum atomic E-state index is -0.107.